The summed E-state index contributed by atoms with van der Waals surface area (Å²) in [5.74, 6) is 0.710. The van der Waals surface area contributed by atoms with Gasteiger partial charge in [-0.25, -0.2) is 13.2 Å². The van der Waals surface area contributed by atoms with Crippen LogP contribution in [0.1, 0.15) is 18.9 Å². The van der Waals surface area contributed by atoms with Crippen molar-refractivity contribution >= 4 is 27.9 Å². The summed E-state index contributed by atoms with van der Waals surface area (Å²) in [6, 6.07) is 8.72. The van der Waals surface area contributed by atoms with Crippen LogP contribution in [0.2, 0.25) is 0 Å². The second kappa shape index (κ2) is 11.1. The van der Waals surface area contributed by atoms with Crippen LogP contribution in [0.5, 0.6) is 23.0 Å². The number of fused-ring (bicyclic) bond motifs is 1. The fourth-order valence-electron chi connectivity index (χ4n) is 5.05. The highest BCUT2D eigenvalue weighted by atomic mass is 32.2. The molecule has 0 aromatic heterocycles. The number of rotatable bonds is 7. The van der Waals surface area contributed by atoms with Gasteiger partial charge in [-0.3, -0.25) is 14.5 Å². The minimum Gasteiger partial charge on any atom is -0.493 e. The molecule has 0 saturated carbocycles. The molecule has 4 amide bonds. The van der Waals surface area contributed by atoms with E-state index in [4.69, 9.17) is 18.9 Å². The first-order valence-corrected chi connectivity index (χ1v) is 14.6. The standard InChI is InChI=1S/C27H32N4O9S/c1-27(18-5-7-21-23(15-18)40-14-4-13-39-21)25(33)31(26(34)28-27)17-24(32)29-9-11-30(12-10-29)41(35,36)19-6-8-20(37-2)22(16-19)38-3/h5-8,15-16H,4,9-14,17H2,1-3H3,(H,28,34). The van der Waals surface area contributed by atoms with E-state index in [-0.39, 0.29) is 36.8 Å². The zero-order valence-corrected chi connectivity index (χ0v) is 23.9. The van der Waals surface area contributed by atoms with Gasteiger partial charge in [0.05, 0.1) is 32.3 Å². The Balaban J connectivity index is 1.23. The Morgan fingerprint density at radius 2 is 1.63 bits per heavy atom. The molecule has 2 saturated heterocycles. The van der Waals surface area contributed by atoms with Crippen LogP contribution in [0.4, 0.5) is 4.79 Å². The Bertz CT molecular complexity index is 1470. The van der Waals surface area contributed by atoms with Gasteiger partial charge in [0.25, 0.3) is 5.91 Å². The zero-order valence-electron chi connectivity index (χ0n) is 23.0. The van der Waals surface area contributed by atoms with E-state index in [2.05, 4.69) is 5.32 Å². The second-order valence-electron chi connectivity index (χ2n) is 9.96. The molecule has 0 spiro atoms. The molecule has 2 aromatic carbocycles. The molecule has 0 radical (unpaired) electrons. The number of piperazine rings is 1. The van der Waals surface area contributed by atoms with Crippen LogP contribution in [-0.2, 0) is 25.2 Å². The van der Waals surface area contributed by atoms with Crippen LogP contribution in [0, 0.1) is 0 Å². The van der Waals surface area contributed by atoms with E-state index < -0.39 is 40.0 Å². The molecular formula is C27H32N4O9S. The van der Waals surface area contributed by atoms with Crippen LogP contribution in [0.25, 0.3) is 0 Å². The van der Waals surface area contributed by atoms with Crippen molar-refractivity contribution in [1.82, 2.24) is 19.4 Å². The molecule has 220 valence electrons. The number of amides is 4. The van der Waals surface area contributed by atoms with Crippen molar-refractivity contribution in [3.63, 3.8) is 0 Å². The van der Waals surface area contributed by atoms with E-state index >= 15 is 0 Å². The summed E-state index contributed by atoms with van der Waals surface area (Å²) in [7, 11) is -0.971. The Morgan fingerprint density at radius 1 is 0.951 bits per heavy atom. The number of imide groups is 1. The normalized spacial score (nSPS) is 21.3. The summed E-state index contributed by atoms with van der Waals surface area (Å²) in [5, 5.41) is 2.70. The first-order valence-electron chi connectivity index (χ1n) is 13.1. The molecule has 2 fully saturated rings. The Hall–Kier alpha value is -4.04. The summed E-state index contributed by atoms with van der Waals surface area (Å²) in [6.45, 7) is 2.42. The van der Waals surface area contributed by atoms with Gasteiger partial charge >= 0.3 is 6.03 Å². The highest BCUT2D eigenvalue weighted by molar-refractivity contribution is 7.89. The number of hydrogen-bond donors (Lipinski definition) is 1. The molecule has 14 heteroatoms. The van der Waals surface area contributed by atoms with Gasteiger partial charge < -0.3 is 29.2 Å². The summed E-state index contributed by atoms with van der Waals surface area (Å²) in [5.41, 5.74) is -0.891. The molecule has 0 bridgehead atoms. The summed E-state index contributed by atoms with van der Waals surface area (Å²) in [4.78, 5) is 41.8. The maximum absolute atomic E-state index is 13.4. The SMILES string of the molecule is COc1ccc(S(=O)(=O)N2CCN(C(=O)CN3C(=O)NC(C)(c4ccc5c(c4)OCCCO5)C3=O)CC2)cc1OC. The Kier molecular flexibility index (Phi) is 7.70. The van der Waals surface area contributed by atoms with Crippen LogP contribution in [-0.4, -0.2) is 101 Å². The highest BCUT2D eigenvalue weighted by Gasteiger charge is 2.50. The minimum atomic E-state index is -3.85. The third-order valence-electron chi connectivity index (χ3n) is 7.48. The lowest BCUT2D eigenvalue weighted by atomic mass is 9.91. The quantitative estimate of drug-likeness (QED) is 0.471. The van der Waals surface area contributed by atoms with Crippen molar-refractivity contribution < 1.29 is 41.7 Å². The summed E-state index contributed by atoms with van der Waals surface area (Å²) < 4.78 is 49.5. The number of ether oxygens (including phenoxy) is 4. The monoisotopic (exact) mass is 588 g/mol. The third-order valence-corrected chi connectivity index (χ3v) is 9.37. The van der Waals surface area contributed by atoms with Crippen LogP contribution in [0.15, 0.2) is 41.3 Å². The number of nitrogens with zero attached hydrogens (tertiary/aromatic N) is 3. The van der Waals surface area contributed by atoms with Gasteiger partial charge in [-0.05, 0) is 36.8 Å². The van der Waals surface area contributed by atoms with E-state index in [9.17, 15) is 22.8 Å². The average Bonchev–Trinajstić information content (AvgIpc) is 3.12. The fraction of sp³-hybridized carbons (Fsp3) is 0.444. The van der Waals surface area contributed by atoms with E-state index in [0.717, 1.165) is 11.3 Å². The number of benzene rings is 2. The average molecular weight is 589 g/mol. The molecule has 3 heterocycles. The minimum absolute atomic E-state index is 0.0447. The second-order valence-corrected chi connectivity index (χ2v) is 11.9. The van der Waals surface area contributed by atoms with E-state index in [0.29, 0.717) is 36.0 Å². The summed E-state index contributed by atoms with van der Waals surface area (Å²) in [6.07, 6.45) is 0.725. The predicted octanol–water partition coefficient (Wildman–Crippen LogP) is 1.17. The summed E-state index contributed by atoms with van der Waals surface area (Å²) >= 11 is 0. The molecule has 41 heavy (non-hydrogen) atoms. The first kappa shape index (κ1) is 28.5. The zero-order chi connectivity index (χ0) is 29.4. The maximum Gasteiger partial charge on any atom is 0.325 e. The number of urea groups is 1. The molecule has 1 N–H and O–H groups in total. The molecule has 3 aliphatic rings. The largest absolute Gasteiger partial charge is 0.493 e. The van der Waals surface area contributed by atoms with Gasteiger partial charge in [0.15, 0.2) is 23.0 Å². The van der Waals surface area contributed by atoms with Gasteiger partial charge in [-0.1, -0.05) is 6.07 Å². The lowest BCUT2D eigenvalue weighted by Gasteiger charge is -2.34. The number of hydrogen-bond acceptors (Lipinski definition) is 9. The Labute approximate surface area is 237 Å². The van der Waals surface area contributed by atoms with Gasteiger partial charge in [0.2, 0.25) is 15.9 Å². The molecule has 1 atom stereocenters. The lowest BCUT2D eigenvalue weighted by Crippen LogP contribution is -2.53. The van der Waals surface area contributed by atoms with Gasteiger partial charge in [0.1, 0.15) is 12.1 Å². The predicted molar refractivity (Wildman–Crippen MR) is 145 cm³/mol. The lowest BCUT2D eigenvalue weighted by molar-refractivity contribution is -0.139. The van der Waals surface area contributed by atoms with Gasteiger partial charge in [0, 0.05) is 38.7 Å². The van der Waals surface area contributed by atoms with E-state index in [1.54, 1.807) is 25.1 Å². The van der Waals surface area contributed by atoms with Crippen molar-refractivity contribution in [3.8, 4) is 23.0 Å². The number of methoxy groups -OCH3 is 2. The number of sulfonamides is 1. The Morgan fingerprint density at radius 3 is 2.32 bits per heavy atom. The topological polar surface area (TPSA) is 144 Å². The van der Waals surface area contributed by atoms with Crippen LogP contribution >= 0.6 is 0 Å². The number of carbonyl (C=O) groups is 3. The van der Waals surface area contributed by atoms with E-state index in [1.807, 2.05) is 0 Å². The molecule has 13 nitrogen and oxygen atoms in total. The molecule has 1 unspecified atom stereocenters. The number of carbonyl (C=O) groups excluding carboxylic acids is 3. The van der Waals surface area contributed by atoms with Crippen molar-refractivity contribution in [2.45, 2.75) is 23.8 Å². The first-order chi connectivity index (χ1) is 19.6. The van der Waals surface area contributed by atoms with Gasteiger partial charge in [-0.2, -0.15) is 4.31 Å². The van der Waals surface area contributed by atoms with E-state index in [1.165, 1.54) is 41.6 Å². The van der Waals surface area contributed by atoms with Gasteiger partial charge in [-0.15, -0.1) is 0 Å². The fourth-order valence-corrected chi connectivity index (χ4v) is 6.49. The van der Waals surface area contributed by atoms with Crippen molar-refractivity contribution in [2.24, 2.45) is 0 Å². The smallest absolute Gasteiger partial charge is 0.325 e. The molecular weight excluding hydrogens is 556 g/mol. The number of nitrogens with one attached hydrogen (secondary N) is 1. The highest BCUT2D eigenvalue weighted by Crippen LogP contribution is 2.37. The molecule has 2 aromatic rings. The molecule has 0 aliphatic carbocycles. The van der Waals surface area contributed by atoms with Crippen molar-refractivity contribution in [3.05, 3.63) is 42.0 Å². The molecule has 3 aliphatic heterocycles. The van der Waals surface area contributed by atoms with Crippen LogP contribution < -0.4 is 24.3 Å². The van der Waals surface area contributed by atoms with Crippen molar-refractivity contribution in [2.75, 3.05) is 60.2 Å². The molecule has 5 rings (SSSR count). The van der Waals surface area contributed by atoms with Crippen LogP contribution in [0.3, 0.4) is 0 Å². The third kappa shape index (κ3) is 5.24. The van der Waals surface area contributed by atoms with Crippen molar-refractivity contribution in [1.29, 1.82) is 0 Å². The maximum atomic E-state index is 13.4.